The molecular formula is C12H19NO2S. The highest BCUT2D eigenvalue weighted by molar-refractivity contribution is 7.07. The van der Waals surface area contributed by atoms with Gasteiger partial charge in [-0.1, -0.05) is 13.8 Å². The number of rotatable bonds is 6. The summed E-state index contributed by atoms with van der Waals surface area (Å²) in [6, 6.07) is 2.10. The Hall–Kier alpha value is -0.870. The molecule has 16 heavy (non-hydrogen) atoms. The molecule has 0 aliphatic carbocycles. The lowest BCUT2D eigenvalue weighted by Gasteiger charge is -2.31. The molecule has 0 saturated heterocycles. The van der Waals surface area contributed by atoms with Gasteiger partial charge in [0.15, 0.2) is 0 Å². The molecule has 1 aromatic heterocycles. The molecule has 1 rings (SSSR count). The van der Waals surface area contributed by atoms with Crippen LogP contribution in [0.1, 0.15) is 45.2 Å². The third-order valence-corrected chi connectivity index (χ3v) is 3.85. The van der Waals surface area contributed by atoms with Gasteiger partial charge >= 0.3 is 5.97 Å². The summed E-state index contributed by atoms with van der Waals surface area (Å²) < 4.78 is 0. The first kappa shape index (κ1) is 13.2. The van der Waals surface area contributed by atoms with E-state index in [1.54, 1.807) is 11.3 Å². The summed E-state index contributed by atoms with van der Waals surface area (Å²) in [7, 11) is 0. The second-order valence-corrected chi connectivity index (χ2v) is 4.80. The Kier molecular flexibility index (Phi) is 4.50. The first-order chi connectivity index (χ1) is 7.55. The minimum atomic E-state index is -0.804. The molecular weight excluding hydrogens is 222 g/mol. The fraction of sp³-hybridized carbons (Fsp3) is 0.583. The Labute approximate surface area is 100 Å². The maximum absolute atomic E-state index is 11.3. The van der Waals surface area contributed by atoms with Gasteiger partial charge in [0.2, 0.25) is 0 Å². The van der Waals surface area contributed by atoms with Gasteiger partial charge in [-0.25, -0.2) is 0 Å². The lowest BCUT2D eigenvalue weighted by molar-refractivity contribution is -0.145. The van der Waals surface area contributed by atoms with Gasteiger partial charge in [0, 0.05) is 6.04 Å². The van der Waals surface area contributed by atoms with Crippen molar-refractivity contribution < 1.29 is 9.90 Å². The predicted molar refractivity (Wildman–Crippen MR) is 66.8 cm³/mol. The lowest BCUT2D eigenvalue weighted by atomic mass is 9.91. The smallest absolute Gasteiger partial charge is 0.323 e. The first-order valence-electron chi connectivity index (χ1n) is 5.59. The van der Waals surface area contributed by atoms with E-state index in [0.717, 1.165) is 5.56 Å². The van der Waals surface area contributed by atoms with Crippen LogP contribution in [-0.4, -0.2) is 16.6 Å². The average Bonchev–Trinajstić information content (AvgIpc) is 2.78. The Morgan fingerprint density at radius 1 is 1.56 bits per heavy atom. The third-order valence-electron chi connectivity index (χ3n) is 3.15. The van der Waals surface area contributed by atoms with Gasteiger partial charge in [-0.05, 0) is 42.2 Å². The van der Waals surface area contributed by atoms with Gasteiger partial charge in [0.25, 0.3) is 0 Å². The van der Waals surface area contributed by atoms with E-state index in [2.05, 4.69) is 10.7 Å². The highest BCUT2D eigenvalue weighted by Crippen LogP contribution is 2.23. The summed E-state index contributed by atoms with van der Waals surface area (Å²) >= 11 is 1.63. The monoisotopic (exact) mass is 241 g/mol. The molecule has 0 spiro atoms. The highest BCUT2D eigenvalue weighted by atomic mass is 32.1. The van der Waals surface area contributed by atoms with E-state index in [0.29, 0.717) is 12.8 Å². The number of hydrogen-bond acceptors (Lipinski definition) is 3. The van der Waals surface area contributed by atoms with Crippen molar-refractivity contribution >= 4 is 17.3 Å². The van der Waals surface area contributed by atoms with Crippen LogP contribution in [0.25, 0.3) is 0 Å². The predicted octanol–water partition coefficient (Wildman–Crippen LogP) is 3.04. The van der Waals surface area contributed by atoms with Crippen molar-refractivity contribution in [3.63, 3.8) is 0 Å². The van der Waals surface area contributed by atoms with Gasteiger partial charge in [-0.15, -0.1) is 0 Å². The van der Waals surface area contributed by atoms with Gasteiger partial charge in [-0.2, -0.15) is 11.3 Å². The number of carboxylic acid groups (broad SMARTS) is 1. The quantitative estimate of drug-likeness (QED) is 0.804. The zero-order valence-corrected chi connectivity index (χ0v) is 10.8. The largest absolute Gasteiger partial charge is 0.480 e. The van der Waals surface area contributed by atoms with Crippen LogP contribution in [0.5, 0.6) is 0 Å². The fourth-order valence-corrected chi connectivity index (χ4v) is 2.59. The Bertz CT molecular complexity index is 331. The maximum Gasteiger partial charge on any atom is 0.323 e. The molecule has 0 aromatic carbocycles. The molecule has 0 aliphatic heterocycles. The zero-order chi connectivity index (χ0) is 12.2. The van der Waals surface area contributed by atoms with E-state index in [-0.39, 0.29) is 6.04 Å². The first-order valence-corrected chi connectivity index (χ1v) is 6.53. The van der Waals surface area contributed by atoms with Crippen LogP contribution >= 0.6 is 11.3 Å². The van der Waals surface area contributed by atoms with E-state index in [1.807, 2.05) is 32.2 Å². The number of hydrogen-bond donors (Lipinski definition) is 2. The Morgan fingerprint density at radius 2 is 2.19 bits per heavy atom. The lowest BCUT2D eigenvalue weighted by Crippen LogP contribution is -2.51. The summed E-state index contributed by atoms with van der Waals surface area (Å²) in [5.41, 5.74) is 0.346. The minimum Gasteiger partial charge on any atom is -0.480 e. The Morgan fingerprint density at radius 3 is 2.56 bits per heavy atom. The third kappa shape index (κ3) is 2.62. The molecule has 0 radical (unpaired) electrons. The van der Waals surface area contributed by atoms with Crippen molar-refractivity contribution in [1.82, 2.24) is 5.32 Å². The zero-order valence-electron chi connectivity index (χ0n) is 9.99. The van der Waals surface area contributed by atoms with Crippen LogP contribution in [0.4, 0.5) is 0 Å². The van der Waals surface area contributed by atoms with Crippen molar-refractivity contribution in [1.29, 1.82) is 0 Å². The van der Waals surface area contributed by atoms with Crippen LogP contribution in [0.3, 0.4) is 0 Å². The van der Waals surface area contributed by atoms with E-state index >= 15 is 0 Å². The Balaban J connectivity index is 2.80. The molecule has 1 unspecified atom stereocenters. The number of aliphatic carboxylic acids is 1. The molecule has 2 N–H and O–H groups in total. The average molecular weight is 241 g/mol. The molecule has 1 aromatic rings. The second kappa shape index (κ2) is 5.46. The molecule has 0 amide bonds. The second-order valence-electron chi connectivity index (χ2n) is 4.02. The summed E-state index contributed by atoms with van der Waals surface area (Å²) in [6.45, 7) is 5.82. The summed E-state index contributed by atoms with van der Waals surface area (Å²) in [6.07, 6.45) is 1.18. The summed E-state index contributed by atoms with van der Waals surface area (Å²) in [5.74, 6) is -0.764. The van der Waals surface area contributed by atoms with Crippen molar-refractivity contribution in [3.8, 4) is 0 Å². The number of nitrogens with one attached hydrogen (secondary N) is 1. The van der Waals surface area contributed by atoms with Crippen LogP contribution in [-0.2, 0) is 4.79 Å². The van der Waals surface area contributed by atoms with Crippen LogP contribution in [0, 0.1) is 0 Å². The molecule has 4 heteroatoms. The fourth-order valence-electron chi connectivity index (χ4n) is 1.84. The van der Waals surface area contributed by atoms with E-state index in [4.69, 9.17) is 0 Å². The molecule has 0 fully saturated rings. The molecule has 0 saturated carbocycles. The standard InChI is InChI=1S/C12H19NO2S/c1-4-12(5-2,11(14)15)13-9(3)10-6-7-16-8-10/h6-9,13H,4-5H2,1-3H3,(H,14,15). The van der Waals surface area contributed by atoms with Crippen LogP contribution < -0.4 is 5.32 Å². The summed E-state index contributed by atoms with van der Waals surface area (Å²) in [5, 5.41) is 16.6. The SMILES string of the molecule is CCC(CC)(NC(C)c1ccsc1)C(=O)O. The molecule has 1 atom stereocenters. The maximum atomic E-state index is 11.3. The number of thiophene rings is 1. The van der Waals surface area contributed by atoms with Gasteiger partial charge in [0.05, 0.1) is 0 Å². The molecule has 0 aliphatic rings. The topological polar surface area (TPSA) is 49.3 Å². The van der Waals surface area contributed by atoms with Gasteiger partial charge in [0.1, 0.15) is 5.54 Å². The van der Waals surface area contributed by atoms with E-state index in [9.17, 15) is 9.90 Å². The number of carbonyl (C=O) groups is 1. The van der Waals surface area contributed by atoms with Crippen LogP contribution in [0.15, 0.2) is 16.8 Å². The van der Waals surface area contributed by atoms with E-state index in [1.165, 1.54) is 0 Å². The van der Waals surface area contributed by atoms with Gasteiger partial charge < -0.3 is 5.11 Å². The normalized spacial score (nSPS) is 13.7. The summed E-state index contributed by atoms with van der Waals surface area (Å²) in [4.78, 5) is 11.3. The molecule has 3 nitrogen and oxygen atoms in total. The molecule has 90 valence electrons. The van der Waals surface area contributed by atoms with Crippen molar-refractivity contribution in [2.75, 3.05) is 0 Å². The van der Waals surface area contributed by atoms with Crippen molar-refractivity contribution in [2.24, 2.45) is 0 Å². The molecule has 1 heterocycles. The minimum absolute atomic E-state index is 0.0715. The van der Waals surface area contributed by atoms with E-state index < -0.39 is 11.5 Å². The molecule has 0 bridgehead atoms. The van der Waals surface area contributed by atoms with Crippen molar-refractivity contribution in [3.05, 3.63) is 22.4 Å². The van der Waals surface area contributed by atoms with Crippen LogP contribution in [0.2, 0.25) is 0 Å². The van der Waals surface area contributed by atoms with Gasteiger partial charge in [-0.3, -0.25) is 10.1 Å². The highest BCUT2D eigenvalue weighted by Gasteiger charge is 2.35. The number of carboxylic acids is 1. The van der Waals surface area contributed by atoms with Crippen molar-refractivity contribution in [2.45, 2.75) is 45.2 Å².